The van der Waals surface area contributed by atoms with E-state index in [1.165, 1.54) is 33.3 Å². The molecule has 0 aliphatic rings. The molecule has 0 amide bonds. The normalized spacial score (nSPS) is 11.3. The molecule has 0 unspecified atom stereocenters. The molecular weight excluding hydrogens is 374 g/mol. The summed E-state index contributed by atoms with van der Waals surface area (Å²) >= 11 is 2.92. The Bertz CT molecular complexity index is 1120. The molecule has 0 saturated carbocycles. The van der Waals surface area contributed by atoms with Crippen molar-refractivity contribution < 1.29 is 8.78 Å². The van der Waals surface area contributed by atoms with E-state index in [9.17, 15) is 13.6 Å². The minimum atomic E-state index is -0.685. The highest BCUT2D eigenvalue weighted by Crippen LogP contribution is 2.33. The van der Waals surface area contributed by atoms with Crippen LogP contribution in [-0.2, 0) is 13.0 Å². The lowest BCUT2D eigenvalue weighted by molar-refractivity contribution is 0.432. The lowest BCUT2D eigenvalue weighted by atomic mass is 10.1. The van der Waals surface area contributed by atoms with Gasteiger partial charge in [-0.2, -0.15) is 0 Å². The summed E-state index contributed by atoms with van der Waals surface area (Å²) < 4.78 is 28.4. The van der Waals surface area contributed by atoms with Gasteiger partial charge in [0.1, 0.15) is 23.1 Å². The number of hydrogen-bond acceptors (Lipinski definition) is 4. The first-order valence-corrected chi connectivity index (χ1v) is 9.79. The van der Waals surface area contributed by atoms with Crippen molar-refractivity contribution in [1.29, 1.82) is 0 Å². The second-order valence-corrected chi connectivity index (χ2v) is 7.55. The van der Waals surface area contributed by atoms with Crippen molar-refractivity contribution in [2.75, 3.05) is 6.67 Å². The molecule has 1 aromatic carbocycles. The van der Waals surface area contributed by atoms with Gasteiger partial charge >= 0.3 is 0 Å². The highest BCUT2D eigenvalue weighted by atomic mass is 32.1. The molecule has 0 spiro atoms. The van der Waals surface area contributed by atoms with Gasteiger partial charge in [0, 0.05) is 22.2 Å². The molecule has 3 heterocycles. The predicted octanol–water partition coefficient (Wildman–Crippen LogP) is 4.89. The van der Waals surface area contributed by atoms with Crippen LogP contribution < -0.4 is 5.56 Å². The molecule has 4 aromatic rings. The standard InChI is InChI=1S/C19H14F2N2OS2/c20-7-8-23-16(10-12-4-1-2-5-14(12)21)22-18-17(19(23)24)13(11-26-18)15-6-3-9-25-15/h1-6,9,11H,7-8,10H2. The van der Waals surface area contributed by atoms with Crippen LogP contribution in [0.5, 0.6) is 0 Å². The van der Waals surface area contributed by atoms with Crippen molar-refractivity contribution in [3.8, 4) is 10.4 Å². The van der Waals surface area contributed by atoms with E-state index in [1.807, 2.05) is 22.9 Å². The van der Waals surface area contributed by atoms with Crippen LogP contribution >= 0.6 is 22.7 Å². The molecule has 0 N–H and O–H groups in total. The smallest absolute Gasteiger partial charge is 0.263 e. The van der Waals surface area contributed by atoms with Gasteiger partial charge in [0.25, 0.3) is 5.56 Å². The van der Waals surface area contributed by atoms with E-state index in [4.69, 9.17) is 0 Å². The first-order valence-electron chi connectivity index (χ1n) is 8.03. The van der Waals surface area contributed by atoms with Crippen molar-refractivity contribution >= 4 is 32.9 Å². The summed E-state index contributed by atoms with van der Waals surface area (Å²) in [4.78, 5) is 19.2. The van der Waals surface area contributed by atoms with Gasteiger partial charge in [-0.15, -0.1) is 22.7 Å². The van der Waals surface area contributed by atoms with Gasteiger partial charge in [0.2, 0.25) is 0 Å². The SMILES string of the molecule is O=c1c2c(-c3cccs3)csc2nc(Cc2ccccc2F)n1CCF. The van der Waals surface area contributed by atoms with Crippen LogP contribution in [0.1, 0.15) is 11.4 Å². The van der Waals surface area contributed by atoms with Crippen LogP contribution in [0.2, 0.25) is 0 Å². The van der Waals surface area contributed by atoms with Crippen molar-refractivity contribution in [3.05, 3.63) is 74.7 Å². The number of aromatic nitrogens is 2. The van der Waals surface area contributed by atoms with Crippen molar-refractivity contribution in [1.82, 2.24) is 9.55 Å². The van der Waals surface area contributed by atoms with Gasteiger partial charge in [-0.25, -0.2) is 13.8 Å². The molecule has 0 fully saturated rings. The van der Waals surface area contributed by atoms with Gasteiger partial charge in [-0.3, -0.25) is 9.36 Å². The van der Waals surface area contributed by atoms with Crippen LogP contribution in [0.4, 0.5) is 8.78 Å². The maximum absolute atomic E-state index is 14.0. The Hall–Kier alpha value is -2.38. The minimum Gasteiger partial charge on any atom is -0.293 e. The first-order chi connectivity index (χ1) is 12.7. The number of benzene rings is 1. The van der Waals surface area contributed by atoms with Crippen LogP contribution in [0.25, 0.3) is 20.7 Å². The number of thiophene rings is 2. The Balaban J connectivity index is 1.90. The number of rotatable bonds is 5. The van der Waals surface area contributed by atoms with Gasteiger partial charge in [0.05, 0.1) is 11.9 Å². The molecule has 7 heteroatoms. The summed E-state index contributed by atoms with van der Waals surface area (Å²) in [6.45, 7) is -0.777. The largest absolute Gasteiger partial charge is 0.293 e. The zero-order chi connectivity index (χ0) is 18.1. The van der Waals surface area contributed by atoms with E-state index in [2.05, 4.69) is 4.98 Å². The first kappa shape index (κ1) is 17.1. The number of hydrogen-bond donors (Lipinski definition) is 0. The maximum Gasteiger partial charge on any atom is 0.263 e. The average molecular weight is 388 g/mol. The molecule has 3 nitrogen and oxygen atoms in total. The number of alkyl halides is 1. The fourth-order valence-electron chi connectivity index (χ4n) is 2.94. The minimum absolute atomic E-state index is 0.0920. The summed E-state index contributed by atoms with van der Waals surface area (Å²) in [5.41, 5.74) is 0.979. The van der Waals surface area contributed by atoms with E-state index < -0.39 is 6.67 Å². The van der Waals surface area contributed by atoms with Crippen molar-refractivity contribution in [2.24, 2.45) is 0 Å². The summed E-state index contributed by atoms with van der Waals surface area (Å²) in [6.07, 6.45) is 0.143. The highest BCUT2D eigenvalue weighted by Gasteiger charge is 2.18. The third-order valence-electron chi connectivity index (χ3n) is 4.17. The topological polar surface area (TPSA) is 34.9 Å². The van der Waals surface area contributed by atoms with Gasteiger partial charge < -0.3 is 0 Å². The summed E-state index contributed by atoms with van der Waals surface area (Å²) in [5, 5.41) is 4.35. The molecule has 0 aliphatic heterocycles. The lowest BCUT2D eigenvalue weighted by Gasteiger charge is -2.12. The van der Waals surface area contributed by atoms with Gasteiger partial charge in [0.15, 0.2) is 0 Å². The van der Waals surface area contributed by atoms with E-state index in [0.29, 0.717) is 21.6 Å². The fraction of sp³-hybridized carbons (Fsp3) is 0.158. The summed E-state index contributed by atoms with van der Waals surface area (Å²) in [6, 6.07) is 10.2. The molecule has 0 atom stereocenters. The molecule has 0 bridgehead atoms. The number of nitrogens with zero attached hydrogens (tertiary/aromatic N) is 2. The Kier molecular flexibility index (Phi) is 4.65. The zero-order valence-corrected chi connectivity index (χ0v) is 15.2. The third kappa shape index (κ3) is 2.97. The van der Waals surface area contributed by atoms with Crippen LogP contribution in [0, 0.1) is 5.82 Å². The summed E-state index contributed by atoms with van der Waals surface area (Å²) in [5.74, 6) is 0.0175. The Labute approximate surface area is 156 Å². The van der Waals surface area contributed by atoms with Gasteiger partial charge in [-0.1, -0.05) is 24.3 Å². The van der Waals surface area contributed by atoms with Crippen LogP contribution in [0.15, 0.2) is 52.0 Å². The molecule has 132 valence electrons. The Morgan fingerprint density at radius 2 is 1.96 bits per heavy atom. The van der Waals surface area contributed by atoms with Crippen LogP contribution in [0.3, 0.4) is 0 Å². The molecule has 3 aromatic heterocycles. The van der Waals surface area contributed by atoms with Crippen LogP contribution in [-0.4, -0.2) is 16.2 Å². The van der Waals surface area contributed by atoms with Crippen molar-refractivity contribution in [2.45, 2.75) is 13.0 Å². The predicted molar refractivity (Wildman–Crippen MR) is 102 cm³/mol. The molecule has 0 radical (unpaired) electrons. The molecule has 4 rings (SSSR count). The zero-order valence-electron chi connectivity index (χ0n) is 13.6. The second-order valence-electron chi connectivity index (χ2n) is 5.75. The molecule has 26 heavy (non-hydrogen) atoms. The quantitative estimate of drug-likeness (QED) is 0.488. The van der Waals surface area contributed by atoms with E-state index >= 15 is 0 Å². The lowest BCUT2D eigenvalue weighted by Crippen LogP contribution is -2.26. The molecule has 0 aliphatic carbocycles. The van der Waals surface area contributed by atoms with Crippen molar-refractivity contribution in [3.63, 3.8) is 0 Å². The third-order valence-corrected chi connectivity index (χ3v) is 5.95. The van der Waals surface area contributed by atoms with E-state index in [1.54, 1.807) is 18.2 Å². The Morgan fingerprint density at radius 3 is 2.69 bits per heavy atom. The number of halogens is 2. The average Bonchev–Trinajstić information content (AvgIpc) is 3.29. The monoisotopic (exact) mass is 388 g/mol. The van der Waals surface area contributed by atoms with Gasteiger partial charge in [-0.05, 0) is 23.1 Å². The molecule has 0 saturated heterocycles. The molecular formula is C19H14F2N2OS2. The maximum atomic E-state index is 14.0. The summed E-state index contributed by atoms with van der Waals surface area (Å²) in [7, 11) is 0. The Morgan fingerprint density at radius 1 is 1.12 bits per heavy atom. The number of fused-ring (bicyclic) bond motifs is 1. The highest BCUT2D eigenvalue weighted by molar-refractivity contribution is 7.18. The van der Waals surface area contributed by atoms with E-state index in [0.717, 1.165) is 10.4 Å². The second kappa shape index (κ2) is 7.09. The fourth-order valence-corrected chi connectivity index (χ4v) is 4.71. The van der Waals surface area contributed by atoms with E-state index in [-0.39, 0.29) is 24.3 Å².